The number of carbonyl (C=O) groups excluding carboxylic acids is 2. The largest absolute Gasteiger partial charge is 0.414 e. The molecule has 1 fully saturated rings. The van der Waals surface area contributed by atoms with Gasteiger partial charge in [-0.25, -0.2) is 0 Å². The van der Waals surface area contributed by atoms with Crippen LogP contribution in [0.3, 0.4) is 0 Å². The van der Waals surface area contributed by atoms with Crippen LogP contribution in [0.5, 0.6) is 0 Å². The molecule has 0 aliphatic carbocycles. The molecule has 1 saturated heterocycles. The molecule has 120 valence electrons. The van der Waals surface area contributed by atoms with E-state index in [-0.39, 0.29) is 30.3 Å². The fourth-order valence-corrected chi connectivity index (χ4v) is 2.36. The SMILES string of the molecule is CN(C(=O)[C@@H]1CNC(=O)C1)C(c1ccc(N)cn1)C(F)(F)F. The van der Waals surface area contributed by atoms with Gasteiger partial charge in [-0.2, -0.15) is 13.2 Å². The van der Waals surface area contributed by atoms with Crippen molar-refractivity contribution in [1.82, 2.24) is 15.2 Å². The van der Waals surface area contributed by atoms with Crippen molar-refractivity contribution in [2.24, 2.45) is 5.92 Å². The topological polar surface area (TPSA) is 88.3 Å². The number of rotatable bonds is 3. The van der Waals surface area contributed by atoms with Crippen molar-refractivity contribution in [2.45, 2.75) is 18.6 Å². The lowest BCUT2D eigenvalue weighted by molar-refractivity contribution is -0.191. The molecule has 2 heterocycles. The van der Waals surface area contributed by atoms with Crippen LogP contribution in [0.2, 0.25) is 0 Å². The molecule has 0 bridgehead atoms. The molecule has 0 saturated carbocycles. The molecule has 2 amide bonds. The quantitative estimate of drug-likeness (QED) is 0.866. The molecule has 3 N–H and O–H groups in total. The summed E-state index contributed by atoms with van der Waals surface area (Å²) < 4.78 is 40.0. The average molecular weight is 316 g/mol. The van der Waals surface area contributed by atoms with Crippen LogP contribution in [0.25, 0.3) is 0 Å². The maximum Gasteiger partial charge on any atom is 0.414 e. The molecule has 1 aromatic heterocycles. The number of alkyl halides is 3. The number of nitrogens with two attached hydrogens (primary N) is 1. The van der Waals surface area contributed by atoms with Crippen molar-refractivity contribution in [2.75, 3.05) is 19.3 Å². The Morgan fingerprint density at radius 1 is 1.50 bits per heavy atom. The zero-order valence-corrected chi connectivity index (χ0v) is 11.7. The van der Waals surface area contributed by atoms with E-state index in [9.17, 15) is 22.8 Å². The molecule has 1 aromatic rings. The van der Waals surface area contributed by atoms with Gasteiger partial charge < -0.3 is 16.0 Å². The molecule has 1 unspecified atom stereocenters. The van der Waals surface area contributed by atoms with Gasteiger partial charge in [-0.1, -0.05) is 0 Å². The Morgan fingerprint density at radius 2 is 2.18 bits per heavy atom. The Morgan fingerprint density at radius 3 is 2.64 bits per heavy atom. The third-order valence-electron chi connectivity index (χ3n) is 3.46. The lowest BCUT2D eigenvalue weighted by Crippen LogP contribution is -2.43. The van der Waals surface area contributed by atoms with E-state index in [2.05, 4.69) is 10.3 Å². The number of nitrogens with zero attached hydrogens (tertiary/aromatic N) is 2. The molecule has 0 aromatic carbocycles. The molecular formula is C13H15F3N4O2. The second kappa shape index (κ2) is 5.82. The lowest BCUT2D eigenvalue weighted by atomic mass is 10.0. The van der Waals surface area contributed by atoms with Gasteiger partial charge >= 0.3 is 6.18 Å². The molecule has 0 radical (unpaired) electrons. The van der Waals surface area contributed by atoms with Crippen LogP contribution < -0.4 is 11.1 Å². The highest BCUT2D eigenvalue weighted by Gasteiger charge is 2.47. The number of nitrogens with one attached hydrogen (secondary N) is 1. The normalized spacial score (nSPS) is 19.6. The standard InChI is InChI=1S/C13H15F3N4O2/c1-20(12(22)7-4-10(21)19-5-7)11(13(14,15)16)9-3-2-8(17)6-18-9/h2-3,6-7,11H,4-5,17H2,1H3,(H,19,21)/t7-,11?/m0/s1. The first-order chi connectivity index (χ1) is 10.2. The predicted molar refractivity (Wildman–Crippen MR) is 71.3 cm³/mol. The third-order valence-corrected chi connectivity index (χ3v) is 3.46. The van der Waals surface area contributed by atoms with Crippen LogP contribution in [0.1, 0.15) is 18.2 Å². The van der Waals surface area contributed by atoms with Gasteiger partial charge in [0.25, 0.3) is 0 Å². The molecule has 1 aliphatic heterocycles. The third kappa shape index (κ3) is 3.29. The van der Waals surface area contributed by atoms with Crippen LogP contribution in [-0.4, -0.2) is 41.5 Å². The summed E-state index contributed by atoms with van der Waals surface area (Å²) in [7, 11) is 1.06. The van der Waals surface area contributed by atoms with E-state index < -0.39 is 24.0 Å². The van der Waals surface area contributed by atoms with Gasteiger partial charge in [-0.15, -0.1) is 0 Å². The van der Waals surface area contributed by atoms with Crippen LogP contribution in [-0.2, 0) is 9.59 Å². The van der Waals surface area contributed by atoms with E-state index in [0.717, 1.165) is 19.3 Å². The van der Waals surface area contributed by atoms with Crippen LogP contribution >= 0.6 is 0 Å². The predicted octanol–water partition coefficient (Wildman–Crippen LogP) is 0.862. The molecule has 2 rings (SSSR count). The monoisotopic (exact) mass is 316 g/mol. The van der Waals surface area contributed by atoms with E-state index in [1.165, 1.54) is 6.07 Å². The second-order valence-corrected chi connectivity index (χ2v) is 5.11. The van der Waals surface area contributed by atoms with E-state index in [4.69, 9.17) is 5.73 Å². The summed E-state index contributed by atoms with van der Waals surface area (Å²) in [6.45, 7) is 0.0434. The smallest absolute Gasteiger partial charge is 0.397 e. The van der Waals surface area contributed by atoms with Crippen molar-refractivity contribution in [3.8, 4) is 0 Å². The van der Waals surface area contributed by atoms with Gasteiger partial charge in [-0.05, 0) is 12.1 Å². The maximum absolute atomic E-state index is 13.3. The van der Waals surface area contributed by atoms with Gasteiger partial charge in [0.15, 0.2) is 6.04 Å². The summed E-state index contributed by atoms with van der Waals surface area (Å²) in [4.78, 5) is 27.6. The fraction of sp³-hybridized carbons (Fsp3) is 0.462. The van der Waals surface area contributed by atoms with E-state index in [0.29, 0.717) is 4.90 Å². The highest BCUT2D eigenvalue weighted by molar-refractivity contribution is 5.89. The Labute approximate surface area is 124 Å². The number of nitrogen functional groups attached to an aromatic ring is 1. The van der Waals surface area contributed by atoms with Crippen molar-refractivity contribution in [3.63, 3.8) is 0 Å². The number of hydrogen-bond acceptors (Lipinski definition) is 4. The number of anilines is 1. The lowest BCUT2D eigenvalue weighted by Gasteiger charge is -2.31. The van der Waals surface area contributed by atoms with Crippen molar-refractivity contribution >= 4 is 17.5 Å². The number of aromatic nitrogens is 1. The van der Waals surface area contributed by atoms with Crippen LogP contribution in [0.15, 0.2) is 18.3 Å². The molecular weight excluding hydrogens is 301 g/mol. The molecule has 9 heteroatoms. The summed E-state index contributed by atoms with van der Waals surface area (Å²) in [5.41, 5.74) is 5.32. The van der Waals surface area contributed by atoms with Crippen LogP contribution in [0.4, 0.5) is 18.9 Å². The summed E-state index contributed by atoms with van der Waals surface area (Å²) >= 11 is 0. The van der Waals surface area contributed by atoms with Crippen molar-refractivity contribution in [3.05, 3.63) is 24.0 Å². The molecule has 2 atom stereocenters. The Kier molecular flexibility index (Phi) is 4.25. The summed E-state index contributed by atoms with van der Waals surface area (Å²) in [5.74, 6) is -1.89. The Balaban J connectivity index is 2.27. The zero-order valence-electron chi connectivity index (χ0n) is 11.7. The van der Waals surface area contributed by atoms with Crippen molar-refractivity contribution < 1.29 is 22.8 Å². The average Bonchev–Trinajstić information content (AvgIpc) is 2.85. The van der Waals surface area contributed by atoms with Gasteiger partial charge in [0.2, 0.25) is 11.8 Å². The highest BCUT2D eigenvalue weighted by atomic mass is 19.4. The van der Waals surface area contributed by atoms with E-state index >= 15 is 0 Å². The minimum absolute atomic E-state index is 0.0434. The summed E-state index contributed by atoms with van der Waals surface area (Å²) in [6.07, 6.45) is -3.69. The molecule has 6 nitrogen and oxygen atoms in total. The maximum atomic E-state index is 13.3. The van der Waals surface area contributed by atoms with E-state index in [1.54, 1.807) is 0 Å². The van der Waals surface area contributed by atoms with Crippen molar-refractivity contribution in [1.29, 1.82) is 0 Å². The molecule has 22 heavy (non-hydrogen) atoms. The van der Waals surface area contributed by atoms with Crippen LogP contribution in [0, 0.1) is 5.92 Å². The molecule has 1 aliphatic rings. The minimum atomic E-state index is -4.69. The Bertz CT molecular complexity index is 574. The summed E-state index contributed by atoms with van der Waals surface area (Å²) in [5, 5.41) is 2.43. The van der Waals surface area contributed by atoms with Gasteiger partial charge in [0.05, 0.1) is 23.5 Å². The van der Waals surface area contributed by atoms with E-state index in [1.807, 2.05) is 0 Å². The Hall–Kier alpha value is -2.32. The minimum Gasteiger partial charge on any atom is -0.397 e. The molecule has 0 spiro atoms. The number of halogens is 3. The number of pyridine rings is 1. The highest BCUT2D eigenvalue weighted by Crippen LogP contribution is 2.37. The van der Waals surface area contributed by atoms with Gasteiger partial charge in [-0.3, -0.25) is 14.6 Å². The van der Waals surface area contributed by atoms with Gasteiger partial charge in [0, 0.05) is 20.0 Å². The fourth-order valence-electron chi connectivity index (χ4n) is 2.36. The first-order valence-electron chi connectivity index (χ1n) is 6.51. The number of carbonyl (C=O) groups is 2. The zero-order chi connectivity index (χ0) is 16.5. The second-order valence-electron chi connectivity index (χ2n) is 5.11. The first kappa shape index (κ1) is 16.1. The summed E-state index contributed by atoms with van der Waals surface area (Å²) in [6, 6.07) is 0.242. The number of amides is 2. The first-order valence-corrected chi connectivity index (χ1v) is 6.51. The van der Waals surface area contributed by atoms with Gasteiger partial charge in [0.1, 0.15) is 0 Å². The number of hydrogen-bond donors (Lipinski definition) is 2.